The fourth-order valence-corrected chi connectivity index (χ4v) is 3.32. The highest BCUT2D eigenvalue weighted by Gasteiger charge is 2.32. The molecule has 1 fully saturated rings. The molecule has 3 N–H and O–H groups in total. The van der Waals surface area contributed by atoms with Crippen LogP contribution in [-0.4, -0.2) is 34.2 Å². The van der Waals surface area contributed by atoms with E-state index in [4.69, 9.17) is 17.3 Å². The summed E-state index contributed by atoms with van der Waals surface area (Å²) in [5.74, 6) is -2.89. The number of hydrogen-bond donors (Lipinski definition) is 2. The van der Waals surface area contributed by atoms with E-state index in [9.17, 15) is 18.8 Å². The number of hydrogen-bond acceptors (Lipinski definition) is 4. The lowest BCUT2D eigenvalue weighted by Gasteiger charge is -2.35. The van der Waals surface area contributed by atoms with Crippen molar-refractivity contribution in [3.05, 3.63) is 58.6 Å². The van der Waals surface area contributed by atoms with Gasteiger partial charge in [-0.3, -0.25) is 19.4 Å². The minimum Gasteiger partial charge on any atom is -0.366 e. The van der Waals surface area contributed by atoms with Gasteiger partial charge in [0.1, 0.15) is 5.82 Å². The van der Waals surface area contributed by atoms with Crippen LogP contribution in [-0.2, 0) is 9.59 Å². The number of likely N-dealkylation sites (tertiary alicyclic amines) is 1. The number of rotatable bonds is 3. The number of aromatic nitrogens is 1. The largest absolute Gasteiger partial charge is 0.366 e. The third kappa shape index (κ3) is 4.28. The first-order valence-electron chi connectivity index (χ1n) is 8.68. The Hall–Kier alpha value is -3.00. The number of halogens is 2. The van der Waals surface area contributed by atoms with E-state index in [1.165, 1.54) is 35.5 Å². The fraction of sp³-hybridized carbons (Fsp3) is 0.263. The molecule has 0 unspecified atom stereocenters. The van der Waals surface area contributed by atoms with Crippen molar-refractivity contribution in [1.29, 1.82) is 0 Å². The van der Waals surface area contributed by atoms with Gasteiger partial charge < -0.3 is 16.0 Å². The second-order valence-corrected chi connectivity index (χ2v) is 6.87. The predicted octanol–water partition coefficient (Wildman–Crippen LogP) is 2.67. The number of nitrogens with two attached hydrogens (primary N) is 1. The first-order valence-corrected chi connectivity index (χ1v) is 9.06. The molecule has 2 aromatic rings. The molecule has 0 radical (unpaired) electrons. The number of nitrogens with one attached hydrogen (secondary N) is 1. The second-order valence-electron chi connectivity index (χ2n) is 6.46. The van der Waals surface area contributed by atoms with Crippen molar-refractivity contribution in [2.75, 3.05) is 11.9 Å². The number of benzene rings is 1. The number of primary amides is 1. The van der Waals surface area contributed by atoms with Crippen LogP contribution in [0.5, 0.6) is 0 Å². The van der Waals surface area contributed by atoms with Crippen molar-refractivity contribution in [3.63, 3.8) is 0 Å². The van der Waals surface area contributed by atoms with Crippen LogP contribution < -0.4 is 11.1 Å². The number of pyridine rings is 1. The quantitative estimate of drug-likeness (QED) is 0.767. The summed E-state index contributed by atoms with van der Waals surface area (Å²) in [6, 6.07) is 5.29. The summed E-state index contributed by atoms with van der Waals surface area (Å²) in [7, 11) is 0. The standard InChI is InChI=1S/C19H18ClFN4O3/c20-14-5-4-11(8-15(14)21)16-3-1-2-6-25(16)19(28)18(27)24-13-7-12(17(22)26)9-23-10-13/h4-5,7-10,16H,1-3,6H2,(H2,22,26)(H,24,27)/t16-/m0/s1. The van der Waals surface area contributed by atoms with Gasteiger partial charge in [0.05, 0.1) is 28.5 Å². The van der Waals surface area contributed by atoms with Crippen LogP contribution in [0.1, 0.15) is 41.2 Å². The van der Waals surface area contributed by atoms with Crippen LogP contribution >= 0.6 is 11.6 Å². The lowest BCUT2D eigenvalue weighted by molar-refractivity contribution is -0.145. The Balaban J connectivity index is 1.78. The predicted molar refractivity (Wildman–Crippen MR) is 101 cm³/mol. The molecule has 0 bridgehead atoms. The lowest BCUT2D eigenvalue weighted by Crippen LogP contribution is -2.44. The smallest absolute Gasteiger partial charge is 0.313 e. The van der Waals surface area contributed by atoms with E-state index in [-0.39, 0.29) is 16.3 Å². The molecular formula is C19H18ClFN4O3. The van der Waals surface area contributed by atoms with Crippen molar-refractivity contribution in [3.8, 4) is 0 Å². The summed E-state index contributed by atoms with van der Waals surface area (Å²) in [6.45, 7) is 0.376. The Labute approximate surface area is 165 Å². The third-order valence-electron chi connectivity index (χ3n) is 4.57. The number of amides is 3. The van der Waals surface area contributed by atoms with Gasteiger partial charge in [0.2, 0.25) is 5.91 Å². The van der Waals surface area contributed by atoms with Crippen LogP contribution in [0.2, 0.25) is 5.02 Å². The maximum absolute atomic E-state index is 13.9. The Morgan fingerprint density at radius 3 is 2.71 bits per heavy atom. The van der Waals surface area contributed by atoms with Gasteiger partial charge in [-0.05, 0) is 43.0 Å². The summed E-state index contributed by atoms with van der Waals surface area (Å²) >= 11 is 5.74. The molecule has 3 rings (SSSR count). The monoisotopic (exact) mass is 404 g/mol. The number of anilines is 1. The van der Waals surface area contributed by atoms with Gasteiger partial charge >= 0.3 is 11.8 Å². The molecule has 146 valence electrons. The second kappa shape index (κ2) is 8.35. The van der Waals surface area contributed by atoms with E-state index in [0.29, 0.717) is 18.5 Å². The lowest BCUT2D eigenvalue weighted by atomic mass is 9.95. The number of piperidine rings is 1. The van der Waals surface area contributed by atoms with E-state index in [2.05, 4.69) is 10.3 Å². The fourth-order valence-electron chi connectivity index (χ4n) is 3.20. The third-order valence-corrected chi connectivity index (χ3v) is 4.87. The minimum absolute atomic E-state index is 0.00277. The molecule has 1 aliphatic heterocycles. The highest BCUT2D eigenvalue weighted by molar-refractivity contribution is 6.39. The minimum atomic E-state index is -0.871. The van der Waals surface area contributed by atoms with Crippen molar-refractivity contribution >= 4 is 35.0 Å². The van der Waals surface area contributed by atoms with Crippen LogP contribution in [0.25, 0.3) is 0 Å². The molecule has 9 heteroatoms. The van der Waals surface area contributed by atoms with Gasteiger partial charge in [-0.1, -0.05) is 17.7 Å². The van der Waals surface area contributed by atoms with E-state index in [1.807, 2.05) is 0 Å². The van der Waals surface area contributed by atoms with E-state index >= 15 is 0 Å². The Kier molecular flexibility index (Phi) is 5.89. The normalized spacial score (nSPS) is 16.5. The van der Waals surface area contributed by atoms with Gasteiger partial charge in [0.15, 0.2) is 0 Å². The van der Waals surface area contributed by atoms with Crippen LogP contribution in [0.4, 0.5) is 10.1 Å². The highest BCUT2D eigenvalue weighted by Crippen LogP contribution is 2.32. The number of nitrogens with zero attached hydrogens (tertiary/aromatic N) is 2. The molecule has 1 aromatic heterocycles. The molecule has 3 amide bonds. The first kappa shape index (κ1) is 19.8. The topological polar surface area (TPSA) is 105 Å². The SMILES string of the molecule is NC(=O)c1cncc(NC(=O)C(=O)N2CCCC[C@H]2c2ccc(Cl)c(F)c2)c1. The maximum Gasteiger partial charge on any atom is 0.313 e. The molecule has 1 atom stereocenters. The van der Waals surface area contributed by atoms with Crippen LogP contribution in [0.15, 0.2) is 36.7 Å². The van der Waals surface area contributed by atoms with Crippen molar-refractivity contribution in [2.45, 2.75) is 25.3 Å². The van der Waals surface area contributed by atoms with E-state index < -0.39 is 29.6 Å². The molecule has 7 nitrogen and oxygen atoms in total. The zero-order chi connectivity index (χ0) is 20.3. The van der Waals surface area contributed by atoms with Gasteiger partial charge in [0.25, 0.3) is 0 Å². The molecule has 2 heterocycles. The summed E-state index contributed by atoms with van der Waals surface area (Å²) in [5, 5.41) is 2.43. The highest BCUT2D eigenvalue weighted by atomic mass is 35.5. The zero-order valence-electron chi connectivity index (χ0n) is 14.8. The summed E-state index contributed by atoms with van der Waals surface area (Å²) in [5.41, 5.74) is 6.06. The maximum atomic E-state index is 13.9. The Morgan fingerprint density at radius 1 is 1.21 bits per heavy atom. The summed E-state index contributed by atoms with van der Waals surface area (Å²) in [4.78, 5) is 41.7. The van der Waals surface area contributed by atoms with Crippen LogP contribution in [0, 0.1) is 5.82 Å². The molecule has 0 aliphatic carbocycles. The van der Waals surface area contributed by atoms with E-state index in [1.54, 1.807) is 6.07 Å². The van der Waals surface area contributed by atoms with Gasteiger partial charge in [-0.2, -0.15) is 0 Å². The summed E-state index contributed by atoms with van der Waals surface area (Å²) in [6.07, 6.45) is 4.77. The van der Waals surface area contributed by atoms with E-state index in [0.717, 1.165) is 12.8 Å². The van der Waals surface area contributed by atoms with Crippen molar-refractivity contribution in [1.82, 2.24) is 9.88 Å². The Morgan fingerprint density at radius 2 is 2.00 bits per heavy atom. The van der Waals surface area contributed by atoms with Gasteiger partial charge in [-0.15, -0.1) is 0 Å². The Bertz CT molecular complexity index is 937. The van der Waals surface area contributed by atoms with Crippen molar-refractivity contribution < 1.29 is 18.8 Å². The molecule has 0 spiro atoms. The zero-order valence-corrected chi connectivity index (χ0v) is 15.6. The van der Waals surface area contributed by atoms with Crippen molar-refractivity contribution in [2.24, 2.45) is 5.73 Å². The first-order chi connectivity index (χ1) is 13.4. The molecule has 1 saturated heterocycles. The summed E-state index contributed by atoms with van der Waals surface area (Å²) < 4.78 is 13.9. The van der Waals surface area contributed by atoms with Gasteiger partial charge in [0, 0.05) is 12.7 Å². The van der Waals surface area contributed by atoms with Crippen LogP contribution in [0.3, 0.4) is 0 Å². The number of carbonyl (C=O) groups is 3. The molecular weight excluding hydrogens is 387 g/mol. The molecule has 1 aliphatic rings. The molecule has 0 saturated carbocycles. The average molecular weight is 405 g/mol. The average Bonchev–Trinajstić information content (AvgIpc) is 2.69. The molecule has 1 aromatic carbocycles. The molecule has 28 heavy (non-hydrogen) atoms. The van der Waals surface area contributed by atoms with Gasteiger partial charge in [-0.25, -0.2) is 4.39 Å². The number of carbonyl (C=O) groups excluding carboxylic acids is 3.